The zero-order chi connectivity index (χ0) is 13.0. The Morgan fingerprint density at radius 2 is 2.06 bits per heavy atom. The van der Waals surface area contributed by atoms with Crippen molar-refractivity contribution in [2.75, 3.05) is 6.16 Å². The smallest absolute Gasteiger partial charge is 0.323 e. The molecule has 1 unspecified atom stereocenters. The molecule has 6 heteroatoms. The van der Waals surface area contributed by atoms with Crippen LogP contribution in [0.2, 0.25) is 0 Å². The van der Waals surface area contributed by atoms with Crippen LogP contribution in [0.1, 0.15) is 33.6 Å². The zero-order valence-corrected chi connectivity index (χ0v) is 10.9. The molecule has 0 spiro atoms. The summed E-state index contributed by atoms with van der Waals surface area (Å²) < 4.78 is 15.0. The van der Waals surface area contributed by atoms with Crippen LogP contribution in [0.4, 0.5) is 0 Å². The molecule has 0 aromatic rings. The summed E-state index contributed by atoms with van der Waals surface area (Å²) in [5.74, 6) is 4.64. The summed E-state index contributed by atoms with van der Waals surface area (Å²) in [6.45, 7) is 8.83. The molecule has 5 nitrogen and oxygen atoms in total. The molecule has 0 aromatic carbocycles. The fraction of sp³-hybridized carbons (Fsp3) is 0.700. The second-order valence-corrected chi connectivity index (χ2v) is 6.50. The van der Waals surface area contributed by atoms with E-state index in [1.54, 1.807) is 20.8 Å². The minimum atomic E-state index is -3.67. The number of rotatable bonds is 7. The van der Waals surface area contributed by atoms with Crippen LogP contribution in [-0.4, -0.2) is 16.8 Å². The lowest BCUT2D eigenvalue weighted by molar-refractivity contribution is -0.123. The lowest BCUT2D eigenvalue weighted by Crippen LogP contribution is -2.25. The Kier molecular flexibility index (Phi) is 5.56. The number of ketones is 1. The van der Waals surface area contributed by atoms with Crippen molar-refractivity contribution in [2.24, 2.45) is 11.3 Å². The van der Waals surface area contributed by atoms with Crippen molar-refractivity contribution < 1.29 is 18.9 Å². The van der Waals surface area contributed by atoms with E-state index in [1.165, 1.54) is 0 Å². The third-order valence-electron chi connectivity index (χ3n) is 2.41. The summed E-state index contributed by atoms with van der Waals surface area (Å²) in [7, 11) is -3.67. The highest BCUT2D eigenvalue weighted by atomic mass is 31.2. The maximum atomic E-state index is 11.7. The Morgan fingerprint density at radius 1 is 1.56 bits per heavy atom. The fourth-order valence-corrected chi connectivity index (χ4v) is 2.13. The monoisotopic (exact) mass is 249 g/mol. The van der Waals surface area contributed by atoms with Gasteiger partial charge in [0.25, 0.3) is 0 Å². The van der Waals surface area contributed by atoms with Crippen LogP contribution in [0, 0.1) is 5.41 Å². The Hall–Kier alpha value is -0.480. The zero-order valence-electron chi connectivity index (χ0n) is 10.0. The maximum Gasteiger partial charge on any atom is 0.344 e. The van der Waals surface area contributed by atoms with E-state index in [1.807, 2.05) is 0 Å². The highest BCUT2D eigenvalue weighted by Crippen LogP contribution is 2.41. The van der Waals surface area contributed by atoms with Crippen molar-refractivity contribution >= 4 is 13.4 Å². The van der Waals surface area contributed by atoms with Crippen LogP contribution in [0.25, 0.3) is 0 Å². The van der Waals surface area contributed by atoms with Gasteiger partial charge >= 0.3 is 7.60 Å². The first-order valence-electron chi connectivity index (χ1n) is 5.03. The predicted molar refractivity (Wildman–Crippen MR) is 62.8 cm³/mol. The minimum Gasteiger partial charge on any atom is -0.323 e. The summed E-state index contributed by atoms with van der Waals surface area (Å²) in [5.41, 5.74) is -0.0762. The number of allylic oxidation sites excluding steroid dienone is 1. The van der Waals surface area contributed by atoms with Crippen molar-refractivity contribution in [3.63, 3.8) is 0 Å². The molecule has 16 heavy (non-hydrogen) atoms. The molecule has 94 valence electrons. The maximum absolute atomic E-state index is 11.7. The predicted octanol–water partition coefficient (Wildman–Crippen LogP) is 2.01. The van der Waals surface area contributed by atoms with Crippen LogP contribution in [0.15, 0.2) is 12.2 Å². The minimum absolute atomic E-state index is 0.0334. The van der Waals surface area contributed by atoms with Crippen LogP contribution < -0.4 is 5.90 Å². The average molecular weight is 249 g/mol. The van der Waals surface area contributed by atoms with Crippen molar-refractivity contribution in [1.29, 1.82) is 0 Å². The second kappa shape index (κ2) is 5.73. The van der Waals surface area contributed by atoms with Crippen LogP contribution in [0.3, 0.4) is 0 Å². The average Bonchev–Trinajstić information content (AvgIpc) is 2.15. The van der Waals surface area contributed by atoms with Crippen LogP contribution in [-0.2, 0) is 14.0 Å². The number of hydrogen-bond acceptors (Lipinski definition) is 4. The first kappa shape index (κ1) is 15.5. The molecule has 0 heterocycles. The Morgan fingerprint density at radius 3 is 2.44 bits per heavy atom. The Balaban J connectivity index is 4.26. The largest absolute Gasteiger partial charge is 0.344 e. The topological polar surface area (TPSA) is 89.6 Å². The van der Waals surface area contributed by atoms with E-state index in [-0.39, 0.29) is 11.9 Å². The van der Waals surface area contributed by atoms with E-state index in [0.717, 1.165) is 0 Å². The number of carbonyl (C=O) groups excluding carboxylic acids is 1. The van der Waals surface area contributed by atoms with Gasteiger partial charge in [-0.2, -0.15) is 0 Å². The second-order valence-electron chi connectivity index (χ2n) is 4.56. The molecule has 0 aromatic heterocycles. The number of Topliss-reactive ketones (excluding diaryl/α,β-unsaturated/α-hetero) is 1. The molecule has 0 rings (SSSR count). The Bertz CT molecular complexity index is 325. The van der Waals surface area contributed by atoms with E-state index < -0.39 is 13.0 Å². The lowest BCUT2D eigenvalue weighted by Gasteiger charge is -2.23. The van der Waals surface area contributed by atoms with Gasteiger partial charge in [0.1, 0.15) is 0 Å². The van der Waals surface area contributed by atoms with Gasteiger partial charge in [-0.05, 0) is 25.3 Å². The summed E-state index contributed by atoms with van der Waals surface area (Å²) in [4.78, 5) is 20.8. The summed E-state index contributed by atoms with van der Waals surface area (Å²) in [6.07, 6.45) is 0.847. The molecular weight excluding hydrogens is 229 g/mol. The van der Waals surface area contributed by atoms with Gasteiger partial charge in [-0.15, -0.1) is 0 Å². The van der Waals surface area contributed by atoms with Gasteiger partial charge < -0.3 is 4.89 Å². The van der Waals surface area contributed by atoms with E-state index in [9.17, 15) is 9.36 Å². The van der Waals surface area contributed by atoms with Gasteiger partial charge in [0.2, 0.25) is 0 Å². The molecule has 0 aliphatic rings. The van der Waals surface area contributed by atoms with Crippen molar-refractivity contribution in [1.82, 2.24) is 0 Å². The summed E-state index contributed by atoms with van der Waals surface area (Å²) in [6, 6.07) is 0. The van der Waals surface area contributed by atoms with E-state index in [2.05, 4.69) is 17.1 Å². The standard InChI is InChI=1S/C10H20NO4P/c1-8(2)9(12)10(3,4)6-5-7-16(13,14)15-11/h1,5-7,11H2,2-4H3,(H,13,14). The van der Waals surface area contributed by atoms with Gasteiger partial charge in [0.05, 0.1) is 6.16 Å². The first-order chi connectivity index (χ1) is 7.12. The number of hydrogen-bond donors (Lipinski definition) is 2. The third kappa shape index (κ3) is 5.03. The van der Waals surface area contributed by atoms with Gasteiger partial charge in [0, 0.05) is 5.41 Å². The molecule has 0 radical (unpaired) electrons. The molecular formula is C10H20NO4P. The van der Waals surface area contributed by atoms with Crippen LogP contribution >= 0.6 is 7.60 Å². The molecule has 0 bridgehead atoms. The van der Waals surface area contributed by atoms with Gasteiger partial charge in [-0.1, -0.05) is 20.4 Å². The summed E-state index contributed by atoms with van der Waals surface area (Å²) in [5, 5.41) is 0. The molecule has 3 N–H and O–H groups in total. The van der Waals surface area contributed by atoms with E-state index in [0.29, 0.717) is 18.4 Å². The lowest BCUT2D eigenvalue weighted by atomic mass is 9.81. The van der Waals surface area contributed by atoms with Gasteiger partial charge in [0.15, 0.2) is 5.78 Å². The fourth-order valence-electron chi connectivity index (χ4n) is 1.46. The number of nitrogens with two attached hydrogens (primary N) is 1. The third-order valence-corrected chi connectivity index (χ3v) is 3.62. The molecule has 0 saturated carbocycles. The first-order valence-corrected chi connectivity index (χ1v) is 6.79. The SMILES string of the molecule is C=C(C)C(=O)C(C)(C)CCCP(=O)(O)ON. The van der Waals surface area contributed by atoms with Gasteiger partial charge in [-0.25, -0.2) is 10.5 Å². The van der Waals surface area contributed by atoms with Crippen molar-refractivity contribution in [2.45, 2.75) is 33.6 Å². The Labute approximate surface area is 96.2 Å². The van der Waals surface area contributed by atoms with E-state index in [4.69, 9.17) is 4.89 Å². The van der Waals surface area contributed by atoms with E-state index >= 15 is 0 Å². The number of carbonyl (C=O) groups is 1. The molecule has 0 fully saturated rings. The van der Waals surface area contributed by atoms with Crippen molar-refractivity contribution in [3.05, 3.63) is 12.2 Å². The molecule has 0 aliphatic heterocycles. The molecule has 0 amide bonds. The highest BCUT2D eigenvalue weighted by molar-refractivity contribution is 7.52. The highest BCUT2D eigenvalue weighted by Gasteiger charge is 2.28. The molecule has 0 saturated heterocycles. The molecule has 0 aliphatic carbocycles. The quantitative estimate of drug-likeness (QED) is 0.409. The molecule has 1 atom stereocenters. The van der Waals surface area contributed by atoms with Gasteiger partial charge in [-0.3, -0.25) is 9.36 Å². The van der Waals surface area contributed by atoms with Crippen molar-refractivity contribution in [3.8, 4) is 0 Å². The van der Waals surface area contributed by atoms with Crippen LogP contribution in [0.5, 0.6) is 0 Å². The normalized spacial score (nSPS) is 15.6. The summed E-state index contributed by atoms with van der Waals surface area (Å²) >= 11 is 0.